The summed E-state index contributed by atoms with van der Waals surface area (Å²) in [6, 6.07) is 8.15. The first kappa shape index (κ1) is 22.1. The van der Waals surface area contributed by atoms with E-state index in [-0.39, 0.29) is 11.1 Å². The molecular formula is C25H25ClFN3O3. The Labute approximate surface area is 196 Å². The third-order valence-corrected chi connectivity index (χ3v) is 6.89. The van der Waals surface area contributed by atoms with Gasteiger partial charge in [-0.2, -0.15) is 0 Å². The van der Waals surface area contributed by atoms with E-state index in [0.29, 0.717) is 54.0 Å². The smallest absolute Gasteiger partial charge is 0.340 e. The Bertz CT molecular complexity index is 1280. The second-order valence-corrected chi connectivity index (χ2v) is 9.45. The number of hydrogen-bond donors (Lipinski definition) is 1. The van der Waals surface area contributed by atoms with Crippen molar-refractivity contribution in [3.05, 3.63) is 69.6 Å². The number of piperidine rings is 1. The molecule has 1 saturated heterocycles. The number of likely N-dealkylation sites (N-methyl/N-ethyl adjacent to an activating group) is 1. The summed E-state index contributed by atoms with van der Waals surface area (Å²) in [6.07, 6.45) is 2.91. The summed E-state index contributed by atoms with van der Waals surface area (Å²) in [6.45, 7) is 2.76. The van der Waals surface area contributed by atoms with Gasteiger partial charge in [0.25, 0.3) is 0 Å². The van der Waals surface area contributed by atoms with Gasteiger partial charge in [0.15, 0.2) is 5.78 Å². The molecule has 3 aromatic rings. The zero-order valence-electron chi connectivity index (χ0n) is 18.6. The van der Waals surface area contributed by atoms with Crippen LogP contribution in [0.4, 0.5) is 4.39 Å². The highest BCUT2D eigenvalue weighted by atomic mass is 35.5. The number of halogens is 2. The van der Waals surface area contributed by atoms with Crippen molar-refractivity contribution in [2.24, 2.45) is 0 Å². The molecule has 2 aromatic carbocycles. The van der Waals surface area contributed by atoms with Crippen LogP contribution in [0.25, 0.3) is 10.9 Å². The van der Waals surface area contributed by atoms with E-state index in [1.54, 1.807) is 30.5 Å². The van der Waals surface area contributed by atoms with Crippen LogP contribution in [-0.4, -0.2) is 54.9 Å². The molecule has 1 N–H and O–H groups in total. The molecule has 6 nitrogen and oxygen atoms in total. The van der Waals surface area contributed by atoms with E-state index in [9.17, 15) is 9.59 Å². The van der Waals surface area contributed by atoms with Crippen molar-refractivity contribution in [2.75, 3.05) is 33.7 Å². The summed E-state index contributed by atoms with van der Waals surface area (Å²) in [7, 11) is 3.94. The van der Waals surface area contributed by atoms with Gasteiger partial charge in [-0.15, -0.1) is 0 Å². The highest BCUT2D eigenvalue weighted by Gasteiger charge is 2.48. The fourth-order valence-electron chi connectivity index (χ4n) is 4.95. The van der Waals surface area contributed by atoms with Gasteiger partial charge in [0.1, 0.15) is 11.4 Å². The van der Waals surface area contributed by atoms with E-state index in [1.807, 2.05) is 23.6 Å². The second-order valence-electron chi connectivity index (χ2n) is 9.01. The third kappa shape index (κ3) is 3.64. The van der Waals surface area contributed by atoms with E-state index in [0.717, 1.165) is 12.1 Å². The van der Waals surface area contributed by atoms with Crippen molar-refractivity contribution in [1.82, 2.24) is 14.8 Å². The van der Waals surface area contributed by atoms with E-state index >= 15 is 4.39 Å². The fourth-order valence-corrected chi connectivity index (χ4v) is 5.12. The van der Waals surface area contributed by atoms with E-state index in [2.05, 4.69) is 5.32 Å². The number of esters is 1. The molecule has 1 spiro atoms. The largest absolute Gasteiger partial charge is 0.450 e. The first-order chi connectivity index (χ1) is 15.8. The summed E-state index contributed by atoms with van der Waals surface area (Å²) >= 11 is 6.23. The maximum Gasteiger partial charge on any atom is 0.340 e. The van der Waals surface area contributed by atoms with Gasteiger partial charge in [-0.3, -0.25) is 4.79 Å². The standard InChI is InChI=1S/C25H25ClFN3O3/c1-29(2)11-12-30-14-17(16-4-3-15(26)13-20(16)30)23(31)22-19(27)6-5-18-21(22)24(32)33-25(18)7-9-28-10-8-25/h3-6,13-14,28H,7-12H2,1-2H3. The molecule has 0 amide bonds. The lowest BCUT2D eigenvalue weighted by Gasteiger charge is -2.33. The second kappa shape index (κ2) is 8.24. The summed E-state index contributed by atoms with van der Waals surface area (Å²) < 4.78 is 22.9. The van der Waals surface area contributed by atoms with Gasteiger partial charge in [-0.1, -0.05) is 23.7 Å². The van der Waals surface area contributed by atoms with Crippen molar-refractivity contribution >= 4 is 34.3 Å². The molecule has 2 aliphatic rings. The van der Waals surface area contributed by atoms with E-state index < -0.39 is 23.2 Å². The van der Waals surface area contributed by atoms with Crippen LogP contribution < -0.4 is 5.32 Å². The Morgan fingerprint density at radius 1 is 1.24 bits per heavy atom. The number of carbonyl (C=O) groups excluding carboxylic acids is 2. The minimum atomic E-state index is -0.798. The number of nitrogens with zero attached hydrogens (tertiary/aromatic N) is 2. The van der Waals surface area contributed by atoms with Crippen LogP contribution >= 0.6 is 11.6 Å². The van der Waals surface area contributed by atoms with Crippen LogP contribution in [0.15, 0.2) is 36.5 Å². The zero-order valence-corrected chi connectivity index (χ0v) is 19.3. The Morgan fingerprint density at radius 3 is 2.73 bits per heavy atom. The number of benzene rings is 2. The number of ketones is 1. The number of ether oxygens (including phenoxy) is 1. The average molecular weight is 470 g/mol. The van der Waals surface area contributed by atoms with Gasteiger partial charge < -0.3 is 19.5 Å². The monoisotopic (exact) mass is 469 g/mol. The first-order valence-corrected chi connectivity index (χ1v) is 11.4. The maximum absolute atomic E-state index is 15.2. The van der Waals surface area contributed by atoms with Crippen LogP contribution in [0.3, 0.4) is 0 Å². The molecule has 0 unspecified atom stereocenters. The Kier molecular flexibility index (Phi) is 5.51. The number of nitrogens with one attached hydrogen (secondary N) is 1. The molecule has 0 aliphatic carbocycles. The highest BCUT2D eigenvalue weighted by Crippen LogP contribution is 2.45. The quantitative estimate of drug-likeness (QED) is 0.452. The van der Waals surface area contributed by atoms with Crippen molar-refractivity contribution in [1.29, 1.82) is 0 Å². The SMILES string of the molecule is CN(C)CCn1cc(C(=O)c2c(F)ccc3c2C(=O)OC32CCNCC2)c2ccc(Cl)cc21. The molecule has 0 atom stereocenters. The molecule has 0 saturated carbocycles. The first-order valence-electron chi connectivity index (χ1n) is 11.1. The molecule has 172 valence electrons. The van der Waals surface area contributed by atoms with Crippen LogP contribution in [0, 0.1) is 5.82 Å². The van der Waals surface area contributed by atoms with Crippen molar-refractivity contribution < 1.29 is 18.7 Å². The van der Waals surface area contributed by atoms with Crippen LogP contribution in [-0.2, 0) is 16.9 Å². The molecule has 3 heterocycles. The Hall–Kier alpha value is -2.74. The summed E-state index contributed by atoms with van der Waals surface area (Å²) in [5, 5.41) is 4.47. The molecule has 0 bridgehead atoms. The Balaban J connectivity index is 1.65. The normalized spacial score (nSPS) is 17.1. The van der Waals surface area contributed by atoms with Crippen molar-refractivity contribution in [2.45, 2.75) is 25.0 Å². The van der Waals surface area contributed by atoms with Crippen molar-refractivity contribution in [3.8, 4) is 0 Å². The van der Waals surface area contributed by atoms with Gasteiger partial charge >= 0.3 is 5.97 Å². The minimum Gasteiger partial charge on any atom is -0.450 e. The lowest BCUT2D eigenvalue weighted by molar-refractivity contribution is -0.0242. The summed E-state index contributed by atoms with van der Waals surface area (Å²) in [4.78, 5) is 28.8. The van der Waals surface area contributed by atoms with Gasteiger partial charge in [0, 0.05) is 53.7 Å². The summed E-state index contributed by atoms with van der Waals surface area (Å²) in [5.74, 6) is -1.87. The maximum atomic E-state index is 15.2. The molecular weight excluding hydrogens is 445 g/mol. The molecule has 1 fully saturated rings. The predicted octanol–water partition coefficient (Wildman–Crippen LogP) is 3.98. The van der Waals surface area contributed by atoms with Crippen LogP contribution in [0.2, 0.25) is 5.02 Å². The molecule has 33 heavy (non-hydrogen) atoms. The van der Waals surface area contributed by atoms with Crippen LogP contribution in [0.5, 0.6) is 0 Å². The molecule has 8 heteroatoms. The highest BCUT2D eigenvalue weighted by molar-refractivity contribution is 6.31. The van der Waals surface area contributed by atoms with Gasteiger partial charge in [-0.25, -0.2) is 9.18 Å². The number of hydrogen-bond acceptors (Lipinski definition) is 5. The number of rotatable bonds is 5. The van der Waals surface area contributed by atoms with E-state index in [1.165, 1.54) is 6.07 Å². The van der Waals surface area contributed by atoms with Gasteiger partial charge in [0.2, 0.25) is 0 Å². The number of carbonyl (C=O) groups is 2. The third-order valence-electron chi connectivity index (χ3n) is 6.65. The molecule has 5 rings (SSSR count). The fraction of sp³-hybridized carbons (Fsp3) is 0.360. The average Bonchev–Trinajstić information content (AvgIpc) is 3.27. The minimum absolute atomic E-state index is 0.0602. The number of fused-ring (bicyclic) bond motifs is 3. The topological polar surface area (TPSA) is 63.6 Å². The van der Waals surface area contributed by atoms with Gasteiger partial charge in [0.05, 0.1) is 16.6 Å². The molecule has 0 radical (unpaired) electrons. The molecule has 1 aromatic heterocycles. The molecule has 2 aliphatic heterocycles. The Morgan fingerprint density at radius 2 is 2.00 bits per heavy atom. The zero-order chi connectivity index (χ0) is 23.3. The van der Waals surface area contributed by atoms with Crippen molar-refractivity contribution in [3.63, 3.8) is 0 Å². The lowest BCUT2D eigenvalue weighted by Crippen LogP contribution is -2.40. The summed E-state index contributed by atoms with van der Waals surface area (Å²) in [5.41, 5.74) is 0.788. The van der Waals surface area contributed by atoms with E-state index in [4.69, 9.17) is 16.3 Å². The lowest BCUT2D eigenvalue weighted by atomic mass is 9.82. The van der Waals surface area contributed by atoms with Crippen LogP contribution in [0.1, 0.15) is 44.7 Å². The predicted molar refractivity (Wildman–Crippen MR) is 125 cm³/mol. The van der Waals surface area contributed by atoms with Gasteiger partial charge in [-0.05, 0) is 45.4 Å². The number of aromatic nitrogens is 1.